The highest BCUT2D eigenvalue weighted by Crippen LogP contribution is 2.32. The normalized spacial score (nSPS) is 12.7. The Morgan fingerprint density at radius 3 is 2.72 bits per heavy atom. The number of halogens is 1. The lowest BCUT2D eigenvalue weighted by atomic mass is 10.1. The molecule has 132 valence electrons. The summed E-state index contributed by atoms with van der Waals surface area (Å²) in [4.78, 5) is 12.0. The number of ether oxygens (including phenoxy) is 2. The lowest BCUT2D eigenvalue weighted by Gasteiger charge is -2.19. The van der Waals surface area contributed by atoms with Crippen LogP contribution in [0.25, 0.3) is 0 Å². The Morgan fingerprint density at radius 1 is 1.04 bits per heavy atom. The molecule has 1 heterocycles. The van der Waals surface area contributed by atoms with Crippen LogP contribution in [0.15, 0.2) is 42.5 Å². The molecule has 2 N–H and O–H groups in total. The largest absolute Gasteiger partial charge is 0.486 e. The van der Waals surface area contributed by atoms with Gasteiger partial charge in [-0.2, -0.15) is 0 Å². The molecule has 0 saturated heterocycles. The standard InChI is InChI=1S/C19H21ClN2O3/c20-15-3-1-2-14(12-15)6-8-21-9-7-19(23)22-16-4-5-17-18(13-16)25-11-10-24-17/h1-5,12-13,21H,6-11H2,(H,22,23). The van der Waals surface area contributed by atoms with Crippen molar-refractivity contribution in [2.45, 2.75) is 12.8 Å². The number of nitrogens with one attached hydrogen (secondary N) is 2. The maximum Gasteiger partial charge on any atom is 0.225 e. The first-order chi connectivity index (χ1) is 12.2. The third kappa shape index (κ3) is 5.37. The Labute approximate surface area is 152 Å². The summed E-state index contributed by atoms with van der Waals surface area (Å²) in [7, 11) is 0. The predicted molar refractivity (Wildman–Crippen MR) is 98.7 cm³/mol. The molecule has 0 saturated carbocycles. The van der Waals surface area contributed by atoms with E-state index in [1.54, 1.807) is 6.07 Å². The van der Waals surface area contributed by atoms with Crippen molar-refractivity contribution >= 4 is 23.2 Å². The predicted octanol–water partition coefficient (Wildman–Crippen LogP) is 3.27. The zero-order chi connectivity index (χ0) is 17.5. The van der Waals surface area contributed by atoms with E-state index < -0.39 is 0 Å². The second-order valence-corrected chi connectivity index (χ2v) is 6.22. The molecule has 2 aromatic carbocycles. The van der Waals surface area contributed by atoms with Crippen LogP contribution in [0.5, 0.6) is 11.5 Å². The first kappa shape index (κ1) is 17.6. The summed E-state index contributed by atoms with van der Waals surface area (Å²) in [5.41, 5.74) is 1.90. The third-order valence-electron chi connectivity index (χ3n) is 3.83. The van der Waals surface area contributed by atoms with Gasteiger partial charge >= 0.3 is 0 Å². The van der Waals surface area contributed by atoms with Gasteiger partial charge in [0.1, 0.15) is 13.2 Å². The zero-order valence-electron chi connectivity index (χ0n) is 13.9. The Morgan fingerprint density at radius 2 is 1.88 bits per heavy atom. The summed E-state index contributed by atoms with van der Waals surface area (Å²) in [5.74, 6) is 1.35. The van der Waals surface area contributed by atoms with Gasteiger partial charge in [0, 0.05) is 29.7 Å². The zero-order valence-corrected chi connectivity index (χ0v) is 14.6. The van der Waals surface area contributed by atoms with Crippen LogP contribution in [-0.4, -0.2) is 32.2 Å². The van der Waals surface area contributed by atoms with Crippen LogP contribution >= 0.6 is 11.6 Å². The third-order valence-corrected chi connectivity index (χ3v) is 4.07. The highest BCUT2D eigenvalue weighted by atomic mass is 35.5. The van der Waals surface area contributed by atoms with Crippen molar-refractivity contribution in [3.05, 3.63) is 53.1 Å². The second kappa shape index (κ2) is 8.74. The first-order valence-electron chi connectivity index (χ1n) is 8.35. The van der Waals surface area contributed by atoms with E-state index in [4.69, 9.17) is 21.1 Å². The number of carbonyl (C=O) groups is 1. The van der Waals surface area contributed by atoms with Crippen molar-refractivity contribution in [2.24, 2.45) is 0 Å². The van der Waals surface area contributed by atoms with Gasteiger partial charge in [-0.3, -0.25) is 4.79 Å². The van der Waals surface area contributed by atoms with Crippen molar-refractivity contribution < 1.29 is 14.3 Å². The minimum absolute atomic E-state index is 0.0352. The molecule has 0 aromatic heterocycles. The van der Waals surface area contributed by atoms with Crippen LogP contribution in [0.1, 0.15) is 12.0 Å². The summed E-state index contributed by atoms with van der Waals surface area (Å²) < 4.78 is 11.0. The van der Waals surface area contributed by atoms with Gasteiger partial charge in [-0.1, -0.05) is 23.7 Å². The van der Waals surface area contributed by atoms with Gasteiger partial charge in [-0.25, -0.2) is 0 Å². The van der Waals surface area contributed by atoms with Gasteiger partial charge in [-0.15, -0.1) is 0 Å². The summed E-state index contributed by atoms with van der Waals surface area (Å²) in [6.07, 6.45) is 1.29. The van der Waals surface area contributed by atoms with E-state index in [9.17, 15) is 4.79 Å². The van der Waals surface area contributed by atoms with E-state index in [1.165, 1.54) is 5.56 Å². The van der Waals surface area contributed by atoms with Crippen molar-refractivity contribution in [1.29, 1.82) is 0 Å². The number of hydrogen-bond acceptors (Lipinski definition) is 4. The van der Waals surface area contributed by atoms with Gasteiger partial charge < -0.3 is 20.1 Å². The lowest BCUT2D eigenvalue weighted by Crippen LogP contribution is -2.23. The molecule has 25 heavy (non-hydrogen) atoms. The molecule has 1 amide bonds. The van der Waals surface area contributed by atoms with Crippen LogP contribution in [-0.2, 0) is 11.2 Å². The van der Waals surface area contributed by atoms with Crippen LogP contribution < -0.4 is 20.1 Å². The average Bonchev–Trinajstić information content (AvgIpc) is 2.61. The smallest absolute Gasteiger partial charge is 0.225 e. The summed E-state index contributed by atoms with van der Waals surface area (Å²) >= 11 is 5.96. The number of hydrogen-bond donors (Lipinski definition) is 2. The summed E-state index contributed by atoms with van der Waals surface area (Å²) in [6.45, 7) is 2.51. The highest BCUT2D eigenvalue weighted by Gasteiger charge is 2.12. The van der Waals surface area contributed by atoms with E-state index in [2.05, 4.69) is 10.6 Å². The van der Waals surface area contributed by atoms with Gasteiger partial charge in [-0.05, 0) is 42.8 Å². The van der Waals surface area contributed by atoms with Gasteiger partial charge in [0.2, 0.25) is 5.91 Å². The Hall–Kier alpha value is -2.24. The van der Waals surface area contributed by atoms with E-state index in [-0.39, 0.29) is 5.91 Å². The molecule has 0 radical (unpaired) electrons. The van der Waals surface area contributed by atoms with E-state index >= 15 is 0 Å². The molecule has 1 aliphatic heterocycles. The summed E-state index contributed by atoms with van der Waals surface area (Å²) in [5, 5.41) is 6.89. The number of benzene rings is 2. The maximum atomic E-state index is 12.0. The number of fused-ring (bicyclic) bond motifs is 1. The van der Waals surface area contributed by atoms with Crippen LogP contribution in [0.4, 0.5) is 5.69 Å². The number of carbonyl (C=O) groups excluding carboxylic acids is 1. The molecular formula is C19H21ClN2O3. The van der Waals surface area contributed by atoms with Gasteiger partial charge in [0.25, 0.3) is 0 Å². The van der Waals surface area contributed by atoms with Crippen molar-refractivity contribution in [2.75, 3.05) is 31.6 Å². The Kier molecular flexibility index (Phi) is 6.14. The first-order valence-corrected chi connectivity index (χ1v) is 8.73. The topological polar surface area (TPSA) is 59.6 Å². The molecule has 2 aromatic rings. The van der Waals surface area contributed by atoms with Crippen molar-refractivity contribution in [3.8, 4) is 11.5 Å². The average molecular weight is 361 g/mol. The molecule has 0 aliphatic carbocycles. The fourth-order valence-corrected chi connectivity index (χ4v) is 2.81. The van der Waals surface area contributed by atoms with Crippen LogP contribution in [0.3, 0.4) is 0 Å². The highest BCUT2D eigenvalue weighted by molar-refractivity contribution is 6.30. The fraction of sp³-hybridized carbons (Fsp3) is 0.316. The van der Waals surface area contributed by atoms with Crippen molar-refractivity contribution in [1.82, 2.24) is 5.32 Å². The molecule has 6 heteroatoms. The molecule has 0 spiro atoms. The monoisotopic (exact) mass is 360 g/mol. The second-order valence-electron chi connectivity index (χ2n) is 5.79. The molecule has 0 fully saturated rings. The molecule has 3 rings (SSSR count). The lowest BCUT2D eigenvalue weighted by molar-refractivity contribution is -0.116. The maximum absolute atomic E-state index is 12.0. The fourth-order valence-electron chi connectivity index (χ4n) is 2.60. The Balaban J connectivity index is 1.37. The van der Waals surface area contributed by atoms with E-state index in [0.717, 1.165) is 18.0 Å². The van der Waals surface area contributed by atoms with Gasteiger partial charge in [0.15, 0.2) is 11.5 Å². The SMILES string of the molecule is O=C(CCNCCc1cccc(Cl)c1)Nc1ccc2c(c1)OCCO2. The van der Waals surface area contributed by atoms with Crippen LogP contribution in [0.2, 0.25) is 5.02 Å². The molecule has 0 unspecified atom stereocenters. The van der Waals surface area contributed by atoms with Crippen LogP contribution in [0, 0.1) is 0 Å². The number of anilines is 1. The van der Waals surface area contributed by atoms with Gasteiger partial charge in [0.05, 0.1) is 0 Å². The van der Waals surface area contributed by atoms with E-state index in [0.29, 0.717) is 43.4 Å². The molecular weight excluding hydrogens is 340 g/mol. The molecule has 0 bridgehead atoms. The molecule has 5 nitrogen and oxygen atoms in total. The van der Waals surface area contributed by atoms with Crippen molar-refractivity contribution in [3.63, 3.8) is 0 Å². The quantitative estimate of drug-likeness (QED) is 0.744. The molecule has 0 atom stereocenters. The molecule has 1 aliphatic rings. The minimum atomic E-state index is -0.0352. The number of rotatable bonds is 7. The number of amides is 1. The minimum Gasteiger partial charge on any atom is -0.486 e. The Bertz CT molecular complexity index is 736. The summed E-state index contributed by atoms with van der Waals surface area (Å²) in [6, 6.07) is 13.2. The van der Waals surface area contributed by atoms with E-state index in [1.807, 2.05) is 36.4 Å².